The van der Waals surface area contributed by atoms with Crippen LogP contribution in [0.3, 0.4) is 0 Å². The first-order valence-electron chi connectivity index (χ1n) is 11.6. The predicted molar refractivity (Wildman–Crippen MR) is 113 cm³/mol. The van der Waals surface area contributed by atoms with Crippen LogP contribution < -0.4 is 5.32 Å². The SMILES string of the molecule is CC(=O)N[C@H]1[C@@H](O[C@H]2[C@@H](O)[C@@H](CO)O[C@@H](O[C@H]3[C@H](O)[C@@H](O)[C@@H](O)O[C@@H]3CO)[C@@H]2O)O[C@H](C(=O)O)[C@H](O)[C@@H]1O. The van der Waals surface area contributed by atoms with Crippen molar-refractivity contribution in [3.63, 3.8) is 0 Å². The second-order valence-electron chi connectivity index (χ2n) is 9.11. The molecule has 0 spiro atoms. The maximum absolute atomic E-state index is 11.7. The van der Waals surface area contributed by atoms with Crippen LogP contribution in [0.15, 0.2) is 0 Å². The van der Waals surface area contributed by atoms with Crippen LogP contribution in [0.1, 0.15) is 6.92 Å². The lowest BCUT2D eigenvalue weighted by Crippen LogP contribution is -2.69. The van der Waals surface area contributed by atoms with Crippen molar-refractivity contribution in [2.75, 3.05) is 13.2 Å². The van der Waals surface area contributed by atoms with E-state index in [1.54, 1.807) is 0 Å². The Balaban J connectivity index is 1.86. The maximum atomic E-state index is 11.7. The molecule has 38 heavy (non-hydrogen) atoms. The molecule has 3 saturated heterocycles. The van der Waals surface area contributed by atoms with Gasteiger partial charge in [-0.2, -0.15) is 0 Å². The molecule has 220 valence electrons. The molecule has 0 bridgehead atoms. The average Bonchev–Trinajstić information content (AvgIpc) is 2.86. The number of carboxylic acid groups (broad SMARTS) is 1. The van der Waals surface area contributed by atoms with Crippen molar-refractivity contribution in [3.05, 3.63) is 0 Å². The van der Waals surface area contributed by atoms with Crippen LogP contribution in [0.2, 0.25) is 0 Å². The number of amides is 1. The third-order valence-electron chi connectivity index (χ3n) is 6.46. The van der Waals surface area contributed by atoms with Gasteiger partial charge in [0.25, 0.3) is 0 Å². The standard InChI is InChI=1S/C20H33NO17/c1-4(24)21-7-9(26)10(27)16(17(31)32)38-19(7)37-15-8(25)5(2-22)35-20(13(15)30)36-14-6(3-23)34-18(33)12(29)11(14)28/h5-16,18-20,22-23,25-30,33H,2-3H2,1H3,(H,21,24)(H,31,32)/t5-,6-,7-,8+,9-,10-,11-,12-,13-,14-,15+,16+,18+,19+,20+/m1/s1. The van der Waals surface area contributed by atoms with Gasteiger partial charge in [0, 0.05) is 6.92 Å². The first-order chi connectivity index (χ1) is 17.8. The first kappa shape index (κ1) is 30.9. The van der Waals surface area contributed by atoms with Crippen LogP contribution >= 0.6 is 0 Å². The number of aliphatic carboxylic acids is 1. The van der Waals surface area contributed by atoms with E-state index in [1.807, 2.05) is 0 Å². The van der Waals surface area contributed by atoms with Gasteiger partial charge < -0.3 is 80.1 Å². The van der Waals surface area contributed by atoms with Crippen LogP contribution in [0.5, 0.6) is 0 Å². The van der Waals surface area contributed by atoms with E-state index in [9.17, 15) is 60.7 Å². The quantitative estimate of drug-likeness (QED) is 0.132. The largest absolute Gasteiger partial charge is 0.479 e. The summed E-state index contributed by atoms with van der Waals surface area (Å²) >= 11 is 0. The van der Waals surface area contributed by atoms with Crippen molar-refractivity contribution >= 4 is 11.9 Å². The van der Waals surface area contributed by atoms with E-state index in [1.165, 1.54) is 0 Å². The van der Waals surface area contributed by atoms with E-state index in [4.69, 9.17) is 23.7 Å². The highest BCUT2D eigenvalue weighted by Crippen LogP contribution is 2.32. The summed E-state index contributed by atoms with van der Waals surface area (Å²) in [5.41, 5.74) is 0. The fourth-order valence-electron chi connectivity index (χ4n) is 4.44. The number of carboxylic acids is 1. The van der Waals surface area contributed by atoms with E-state index in [2.05, 4.69) is 5.32 Å². The van der Waals surface area contributed by atoms with Crippen LogP contribution in [-0.4, -0.2) is 168 Å². The molecule has 0 aromatic heterocycles. The molecular weight excluding hydrogens is 526 g/mol. The minimum absolute atomic E-state index is 0.739. The molecule has 1 amide bonds. The highest BCUT2D eigenvalue weighted by molar-refractivity contribution is 5.74. The van der Waals surface area contributed by atoms with Gasteiger partial charge in [-0.1, -0.05) is 0 Å². The van der Waals surface area contributed by atoms with Gasteiger partial charge in [-0.05, 0) is 0 Å². The Morgan fingerprint density at radius 2 is 1.32 bits per heavy atom. The Hall–Kier alpha value is -1.62. The van der Waals surface area contributed by atoms with Gasteiger partial charge in [0.05, 0.1) is 13.2 Å². The number of hydrogen-bond donors (Lipinski definition) is 11. The van der Waals surface area contributed by atoms with E-state index in [-0.39, 0.29) is 0 Å². The minimum Gasteiger partial charge on any atom is -0.479 e. The summed E-state index contributed by atoms with van der Waals surface area (Å²) < 4.78 is 26.6. The molecule has 0 aromatic carbocycles. The molecule has 3 fully saturated rings. The minimum atomic E-state index is -2.04. The third-order valence-corrected chi connectivity index (χ3v) is 6.46. The summed E-state index contributed by atoms with van der Waals surface area (Å²) in [6.45, 7) is -0.642. The normalized spacial score (nSPS) is 47.9. The summed E-state index contributed by atoms with van der Waals surface area (Å²) in [6, 6.07) is -1.59. The highest BCUT2D eigenvalue weighted by Gasteiger charge is 2.54. The van der Waals surface area contributed by atoms with E-state index < -0.39 is 117 Å². The van der Waals surface area contributed by atoms with Crippen LogP contribution in [-0.2, 0) is 33.3 Å². The van der Waals surface area contributed by atoms with Crippen molar-refractivity contribution in [1.82, 2.24) is 5.32 Å². The molecule has 3 rings (SSSR count). The van der Waals surface area contributed by atoms with Crippen molar-refractivity contribution in [1.29, 1.82) is 0 Å². The monoisotopic (exact) mass is 559 g/mol. The Bertz CT molecular complexity index is 816. The zero-order valence-electron chi connectivity index (χ0n) is 19.9. The summed E-state index contributed by atoms with van der Waals surface area (Å²) in [5.74, 6) is -2.44. The summed E-state index contributed by atoms with van der Waals surface area (Å²) in [4.78, 5) is 23.2. The number of aliphatic hydroxyl groups is 9. The van der Waals surface area contributed by atoms with Gasteiger partial charge >= 0.3 is 5.97 Å². The zero-order valence-corrected chi connectivity index (χ0v) is 19.9. The van der Waals surface area contributed by atoms with Crippen LogP contribution in [0.25, 0.3) is 0 Å². The number of ether oxygens (including phenoxy) is 5. The zero-order chi connectivity index (χ0) is 28.5. The van der Waals surface area contributed by atoms with Gasteiger partial charge in [0.15, 0.2) is 25.0 Å². The molecular formula is C20H33NO17. The number of hydrogen-bond acceptors (Lipinski definition) is 16. The van der Waals surface area contributed by atoms with Crippen molar-refractivity contribution in [2.45, 2.75) is 99.0 Å². The van der Waals surface area contributed by atoms with E-state index in [0.29, 0.717) is 0 Å². The second kappa shape index (κ2) is 12.7. The highest BCUT2D eigenvalue weighted by atomic mass is 16.7. The Labute approximate surface area is 214 Å². The lowest BCUT2D eigenvalue weighted by Gasteiger charge is -2.48. The number of rotatable bonds is 8. The predicted octanol–water partition coefficient (Wildman–Crippen LogP) is -7.34. The third kappa shape index (κ3) is 6.24. The Morgan fingerprint density at radius 3 is 1.87 bits per heavy atom. The fourth-order valence-corrected chi connectivity index (χ4v) is 4.44. The first-order valence-corrected chi connectivity index (χ1v) is 11.6. The van der Waals surface area contributed by atoms with Gasteiger partial charge in [0.2, 0.25) is 5.91 Å². The molecule has 18 heteroatoms. The van der Waals surface area contributed by atoms with E-state index >= 15 is 0 Å². The summed E-state index contributed by atoms with van der Waals surface area (Å²) in [7, 11) is 0. The second-order valence-corrected chi connectivity index (χ2v) is 9.11. The lowest BCUT2D eigenvalue weighted by atomic mass is 9.95. The molecule has 15 atom stereocenters. The van der Waals surface area contributed by atoms with Crippen molar-refractivity contribution in [3.8, 4) is 0 Å². The Morgan fingerprint density at radius 1 is 0.711 bits per heavy atom. The average molecular weight is 559 g/mol. The molecule has 18 nitrogen and oxygen atoms in total. The molecule has 0 saturated carbocycles. The van der Waals surface area contributed by atoms with Crippen molar-refractivity contribution < 1.29 is 84.3 Å². The number of aliphatic hydroxyl groups excluding tert-OH is 9. The number of nitrogens with one attached hydrogen (secondary N) is 1. The van der Waals surface area contributed by atoms with Gasteiger partial charge in [-0.15, -0.1) is 0 Å². The molecule has 11 N–H and O–H groups in total. The van der Waals surface area contributed by atoms with Gasteiger partial charge in [0.1, 0.15) is 67.1 Å². The lowest BCUT2D eigenvalue weighted by molar-refractivity contribution is -0.371. The van der Waals surface area contributed by atoms with Crippen LogP contribution in [0, 0.1) is 0 Å². The molecule has 3 aliphatic heterocycles. The molecule has 3 heterocycles. The number of carbonyl (C=O) groups is 2. The smallest absolute Gasteiger partial charge is 0.335 e. The molecule has 0 unspecified atom stereocenters. The van der Waals surface area contributed by atoms with Crippen LogP contribution in [0.4, 0.5) is 0 Å². The van der Waals surface area contributed by atoms with Crippen molar-refractivity contribution in [2.24, 2.45) is 0 Å². The maximum Gasteiger partial charge on any atom is 0.335 e. The summed E-state index contributed by atoms with van der Waals surface area (Å²) in [6.07, 6.45) is -25.5. The molecule has 0 aliphatic carbocycles. The topological polar surface area (TPSA) is 295 Å². The van der Waals surface area contributed by atoms with Gasteiger partial charge in [-0.3, -0.25) is 4.79 Å². The molecule has 0 radical (unpaired) electrons. The molecule has 3 aliphatic rings. The molecule has 0 aromatic rings. The summed E-state index contributed by atoms with van der Waals surface area (Å²) in [5, 5.41) is 103. The van der Waals surface area contributed by atoms with Gasteiger partial charge in [-0.25, -0.2) is 4.79 Å². The van der Waals surface area contributed by atoms with E-state index in [0.717, 1.165) is 6.92 Å². The Kier molecular flexibility index (Phi) is 10.3. The number of carbonyl (C=O) groups excluding carboxylic acids is 1. The fraction of sp³-hybridized carbons (Fsp3) is 0.900.